The van der Waals surface area contributed by atoms with Crippen molar-refractivity contribution in [3.63, 3.8) is 0 Å². The number of anilines is 1. The van der Waals surface area contributed by atoms with Crippen molar-refractivity contribution in [1.29, 1.82) is 0 Å². The molecule has 2 aromatic heterocycles. The van der Waals surface area contributed by atoms with E-state index in [1.54, 1.807) is 30.4 Å². The Morgan fingerprint density at radius 3 is 2.72 bits per heavy atom. The zero-order valence-corrected chi connectivity index (χ0v) is 10.9. The second-order valence-electron chi connectivity index (χ2n) is 3.87. The van der Waals surface area contributed by atoms with Crippen molar-refractivity contribution in [3.05, 3.63) is 39.5 Å². The molecule has 0 aliphatic heterocycles. The summed E-state index contributed by atoms with van der Waals surface area (Å²) in [4.78, 5) is 19.4. The maximum absolute atomic E-state index is 10.8. The van der Waals surface area contributed by atoms with Crippen LogP contribution in [0.3, 0.4) is 0 Å². The highest BCUT2D eigenvalue weighted by Gasteiger charge is 2.08. The zero-order valence-electron chi connectivity index (χ0n) is 10.1. The van der Waals surface area contributed by atoms with Crippen LogP contribution >= 0.6 is 11.3 Å². The zero-order chi connectivity index (χ0) is 13.1. The average Bonchev–Trinajstić information content (AvgIpc) is 2.72. The number of aryl methyl sites for hydroxylation is 2. The van der Waals surface area contributed by atoms with Gasteiger partial charge in [0.25, 0.3) is 0 Å². The smallest absolute Gasteiger partial charge is 0.337 e. The molecule has 2 rings (SSSR count). The van der Waals surface area contributed by atoms with Gasteiger partial charge in [-0.2, -0.15) is 0 Å². The molecule has 0 aliphatic rings. The monoisotopic (exact) mass is 263 g/mol. The van der Waals surface area contributed by atoms with E-state index in [4.69, 9.17) is 5.11 Å². The Morgan fingerprint density at radius 2 is 2.17 bits per heavy atom. The maximum Gasteiger partial charge on any atom is 0.337 e. The van der Waals surface area contributed by atoms with E-state index in [0.29, 0.717) is 18.1 Å². The third-order valence-electron chi connectivity index (χ3n) is 2.40. The molecule has 0 atom stereocenters. The van der Waals surface area contributed by atoms with E-state index in [2.05, 4.69) is 15.3 Å². The van der Waals surface area contributed by atoms with E-state index in [1.807, 2.05) is 12.3 Å². The minimum absolute atomic E-state index is 0.227. The van der Waals surface area contributed by atoms with Gasteiger partial charge in [-0.3, -0.25) is 0 Å². The Balaban J connectivity index is 2.06. The molecule has 0 amide bonds. The number of hydrogen-bond acceptors (Lipinski definition) is 5. The summed E-state index contributed by atoms with van der Waals surface area (Å²) in [6.07, 6.45) is 0. The molecule has 0 saturated heterocycles. The molecular formula is C12H13N3O2S. The SMILES string of the molecule is Cc1csc(CNc2ccc(C(=O)O)c(C)n2)n1. The Labute approximate surface area is 109 Å². The van der Waals surface area contributed by atoms with Crippen LogP contribution in [0.4, 0.5) is 5.82 Å². The van der Waals surface area contributed by atoms with Gasteiger partial charge < -0.3 is 10.4 Å². The topological polar surface area (TPSA) is 75.1 Å². The lowest BCUT2D eigenvalue weighted by Crippen LogP contribution is -2.06. The van der Waals surface area contributed by atoms with E-state index >= 15 is 0 Å². The number of aromatic carboxylic acids is 1. The second kappa shape index (κ2) is 5.14. The van der Waals surface area contributed by atoms with Crippen molar-refractivity contribution >= 4 is 23.1 Å². The third kappa shape index (κ3) is 2.84. The van der Waals surface area contributed by atoms with Crippen molar-refractivity contribution < 1.29 is 9.90 Å². The van der Waals surface area contributed by atoms with Crippen molar-refractivity contribution in [3.8, 4) is 0 Å². The van der Waals surface area contributed by atoms with Crippen LogP contribution in [0, 0.1) is 13.8 Å². The lowest BCUT2D eigenvalue weighted by atomic mass is 10.2. The number of carboxylic acids is 1. The molecule has 0 spiro atoms. The molecule has 0 aliphatic carbocycles. The van der Waals surface area contributed by atoms with Crippen molar-refractivity contribution in [1.82, 2.24) is 9.97 Å². The number of carbonyl (C=O) groups is 1. The summed E-state index contributed by atoms with van der Waals surface area (Å²) < 4.78 is 0. The largest absolute Gasteiger partial charge is 0.478 e. The fraction of sp³-hybridized carbons (Fsp3) is 0.250. The number of rotatable bonds is 4. The van der Waals surface area contributed by atoms with E-state index in [1.165, 1.54) is 0 Å². The van der Waals surface area contributed by atoms with Crippen LogP contribution in [-0.2, 0) is 6.54 Å². The van der Waals surface area contributed by atoms with Gasteiger partial charge in [0.2, 0.25) is 0 Å². The number of nitrogens with zero attached hydrogens (tertiary/aromatic N) is 2. The molecule has 2 N–H and O–H groups in total. The van der Waals surface area contributed by atoms with Crippen LogP contribution in [0.2, 0.25) is 0 Å². The van der Waals surface area contributed by atoms with E-state index in [-0.39, 0.29) is 5.56 Å². The summed E-state index contributed by atoms with van der Waals surface area (Å²) in [5.41, 5.74) is 1.73. The average molecular weight is 263 g/mol. The highest BCUT2D eigenvalue weighted by Crippen LogP contribution is 2.13. The molecular weight excluding hydrogens is 250 g/mol. The summed E-state index contributed by atoms with van der Waals surface area (Å²) >= 11 is 1.59. The van der Waals surface area contributed by atoms with Gasteiger partial charge >= 0.3 is 5.97 Å². The third-order valence-corrected chi connectivity index (χ3v) is 3.37. The van der Waals surface area contributed by atoms with E-state index < -0.39 is 5.97 Å². The van der Waals surface area contributed by atoms with Crippen LogP contribution in [0.15, 0.2) is 17.5 Å². The van der Waals surface area contributed by atoms with Crippen LogP contribution in [0.5, 0.6) is 0 Å². The van der Waals surface area contributed by atoms with Gasteiger partial charge in [-0.15, -0.1) is 11.3 Å². The predicted octanol–water partition coefficient (Wildman–Crippen LogP) is 2.47. The summed E-state index contributed by atoms with van der Waals surface area (Å²) in [6.45, 7) is 4.23. The molecule has 0 aromatic carbocycles. The highest BCUT2D eigenvalue weighted by atomic mass is 32.1. The quantitative estimate of drug-likeness (QED) is 0.886. The summed E-state index contributed by atoms with van der Waals surface area (Å²) in [6, 6.07) is 3.22. The molecule has 0 saturated carbocycles. The normalized spacial score (nSPS) is 10.3. The van der Waals surface area contributed by atoms with Crippen molar-refractivity contribution in [2.45, 2.75) is 20.4 Å². The lowest BCUT2D eigenvalue weighted by Gasteiger charge is -2.06. The van der Waals surface area contributed by atoms with Gasteiger partial charge in [0.05, 0.1) is 17.8 Å². The molecule has 0 radical (unpaired) electrons. The first-order chi connectivity index (χ1) is 8.56. The Bertz CT molecular complexity index is 580. The Kier molecular flexibility index (Phi) is 3.57. The molecule has 0 bridgehead atoms. The first kappa shape index (κ1) is 12.5. The summed E-state index contributed by atoms with van der Waals surface area (Å²) in [5, 5.41) is 15.0. The molecule has 5 nitrogen and oxygen atoms in total. The Hall–Kier alpha value is -1.95. The molecule has 0 fully saturated rings. The number of carboxylic acid groups (broad SMARTS) is 1. The van der Waals surface area contributed by atoms with Gasteiger partial charge in [-0.25, -0.2) is 14.8 Å². The maximum atomic E-state index is 10.8. The van der Waals surface area contributed by atoms with Gasteiger partial charge in [-0.05, 0) is 26.0 Å². The van der Waals surface area contributed by atoms with Gasteiger partial charge in [0.15, 0.2) is 0 Å². The minimum atomic E-state index is -0.956. The van der Waals surface area contributed by atoms with E-state index in [0.717, 1.165) is 10.7 Å². The van der Waals surface area contributed by atoms with Gasteiger partial charge in [0, 0.05) is 11.1 Å². The van der Waals surface area contributed by atoms with Crippen molar-refractivity contribution in [2.75, 3.05) is 5.32 Å². The number of hydrogen-bond donors (Lipinski definition) is 2. The first-order valence-electron chi connectivity index (χ1n) is 5.42. The van der Waals surface area contributed by atoms with Crippen LogP contribution < -0.4 is 5.32 Å². The lowest BCUT2D eigenvalue weighted by molar-refractivity contribution is 0.0695. The molecule has 18 heavy (non-hydrogen) atoms. The highest BCUT2D eigenvalue weighted by molar-refractivity contribution is 7.09. The second-order valence-corrected chi connectivity index (χ2v) is 4.81. The van der Waals surface area contributed by atoms with Crippen molar-refractivity contribution in [2.24, 2.45) is 0 Å². The number of thiazole rings is 1. The number of nitrogens with one attached hydrogen (secondary N) is 1. The van der Waals surface area contributed by atoms with Gasteiger partial charge in [-0.1, -0.05) is 0 Å². The predicted molar refractivity (Wildman–Crippen MR) is 70.1 cm³/mol. The Morgan fingerprint density at radius 1 is 1.39 bits per heavy atom. The first-order valence-corrected chi connectivity index (χ1v) is 6.30. The van der Waals surface area contributed by atoms with Gasteiger partial charge in [0.1, 0.15) is 10.8 Å². The van der Waals surface area contributed by atoms with Crippen LogP contribution in [-0.4, -0.2) is 21.0 Å². The number of aromatic nitrogens is 2. The molecule has 6 heteroatoms. The molecule has 2 aromatic rings. The molecule has 0 unspecified atom stereocenters. The van der Waals surface area contributed by atoms with Crippen LogP contribution in [0.1, 0.15) is 26.8 Å². The summed E-state index contributed by atoms with van der Waals surface area (Å²) in [5.74, 6) is -0.299. The minimum Gasteiger partial charge on any atom is -0.478 e. The fourth-order valence-electron chi connectivity index (χ4n) is 1.54. The summed E-state index contributed by atoms with van der Waals surface area (Å²) in [7, 11) is 0. The molecule has 2 heterocycles. The van der Waals surface area contributed by atoms with Crippen LogP contribution in [0.25, 0.3) is 0 Å². The fourth-order valence-corrected chi connectivity index (χ4v) is 2.25. The number of pyridine rings is 1. The molecule has 94 valence electrons. The standard InChI is InChI=1S/C12H13N3O2S/c1-7-6-18-11(14-7)5-13-10-4-3-9(12(16)17)8(2)15-10/h3-4,6H,5H2,1-2H3,(H,13,15)(H,16,17). The van der Waals surface area contributed by atoms with E-state index in [9.17, 15) is 4.79 Å².